The van der Waals surface area contributed by atoms with Crippen molar-refractivity contribution >= 4 is 28.4 Å². The van der Waals surface area contributed by atoms with Gasteiger partial charge in [0.25, 0.3) is 0 Å². The topological polar surface area (TPSA) is 120 Å². The van der Waals surface area contributed by atoms with Crippen molar-refractivity contribution in [3.8, 4) is 22.5 Å². The Labute approximate surface area is 190 Å². The number of amides is 1. The van der Waals surface area contributed by atoms with E-state index in [9.17, 15) is 9.70 Å². The van der Waals surface area contributed by atoms with E-state index >= 15 is 0 Å². The number of nitrogens with zero attached hydrogens (tertiary/aromatic N) is 5. The van der Waals surface area contributed by atoms with Crippen molar-refractivity contribution in [3.05, 3.63) is 53.3 Å². The molecular formula is C24H24N6O3. The molecule has 0 spiro atoms. The Morgan fingerprint density at radius 2 is 2.00 bits per heavy atom. The predicted molar refractivity (Wildman–Crippen MR) is 126 cm³/mol. The first kappa shape index (κ1) is 20.9. The summed E-state index contributed by atoms with van der Waals surface area (Å²) in [4.78, 5) is 28.9. The molecule has 1 amide bonds. The number of likely N-dealkylation sites (tertiary alicyclic amines) is 1. The van der Waals surface area contributed by atoms with Crippen LogP contribution in [0, 0.1) is 11.8 Å². The van der Waals surface area contributed by atoms with Gasteiger partial charge in [-0.25, -0.2) is 4.98 Å². The molecule has 2 N–H and O–H groups in total. The first-order valence-electron chi connectivity index (χ1n) is 10.9. The molecule has 1 aliphatic heterocycles. The molecule has 0 aliphatic carbocycles. The maximum Gasteiger partial charge on any atom is 0.219 e. The van der Waals surface area contributed by atoms with Gasteiger partial charge in [0.1, 0.15) is 11.4 Å². The van der Waals surface area contributed by atoms with E-state index in [1.165, 1.54) is 0 Å². The van der Waals surface area contributed by atoms with E-state index in [2.05, 4.69) is 15.3 Å². The molecule has 0 atom stereocenters. The summed E-state index contributed by atoms with van der Waals surface area (Å²) >= 11 is 0. The van der Waals surface area contributed by atoms with Gasteiger partial charge in [-0.15, -0.1) is 4.91 Å². The Morgan fingerprint density at radius 3 is 2.73 bits per heavy atom. The number of aromatic nitrogens is 3. The van der Waals surface area contributed by atoms with Crippen molar-refractivity contribution in [2.24, 2.45) is 5.18 Å². The minimum absolute atomic E-state index is 0.116. The van der Waals surface area contributed by atoms with Gasteiger partial charge in [0, 0.05) is 54.5 Å². The number of rotatable bonds is 4. The highest BCUT2D eigenvalue weighted by atomic mass is 16.3. The summed E-state index contributed by atoms with van der Waals surface area (Å²) in [6.45, 7) is 4.92. The van der Waals surface area contributed by atoms with Gasteiger partial charge in [-0.2, -0.15) is 5.10 Å². The van der Waals surface area contributed by atoms with Crippen LogP contribution in [-0.4, -0.2) is 38.7 Å². The van der Waals surface area contributed by atoms with E-state index in [0.717, 1.165) is 53.6 Å². The second-order valence-electron chi connectivity index (χ2n) is 8.40. The summed E-state index contributed by atoms with van der Waals surface area (Å²) in [6, 6.07) is 7.49. The van der Waals surface area contributed by atoms with Gasteiger partial charge in [-0.1, -0.05) is 12.1 Å². The third kappa shape index (κ3) is 3.65. The van der Waals surface area contributed by atoms with Crippen LogP contribution in [0.3, 0.4) is 0 Å². The maximum absolute atomic E-state index is 11.6. The molecule has 3 aromatic heterocycles. The molecule has 0 radical (unpaired) electrons. The molecule has 168 valence electrons. The fraction of sp³-hybridized carbons (Fsp3) is 0.292. The summed E-state index contributed by atoms with van der Waals surface area (Å²) in [7, 11) is 0. The lowest BCUT2D eigenvalue weighted by Gasteiger charge is -2.31. The molecule has 0 bridgehead atoms. The zero-order chi connectivity index (χ0) is 23.1. The largest absolute Gasteiger partial charge is 0.452 e. The Hall–Kier alpha value is -4.01. The van der Waals surface area contributed by atoms with Crippen LogP contribution in [0.4, 0.5) is 11.5 Å². The number of nitrogens with two attached hydrogens (primary N) is 1. The van der Waals surface area contributed by atoms with Crippen molar-refractivity contribution in [1.29, 1.82) is 0 Å². The van der Waals surface area contributed by atoms with Gasteiger partial charge in [0.2, 0.25) is 5.91 Å². The second kappa shape index (κ2) is 8.16. The number of hydrogen-bond acceptors (Lipinski definition) is 7. The lowest BCUT2D eigenvalue weighted by molar-refractivity contribution is -0.130. The molecule has 0 unspecified atom stereocenters. The summed E-state index contributed by atoms with van der Waals surface area (Å²) in [5.74, 6) is 1.01. The highest BCUT2D eigenvalue weighted by Crippen LogP contribution is 2.39. The number of piperidine rings is 1. The van der Waals surface area contributed by atoms with Crippen molar-refractivity contribution in [3.63, 3.8) is 0 Å². The van der Waals surface area contributed by atoms with E-state index in [0.29, 0.717) is 22.8 Å². The average molecular weight is 444 g/mol. The van der Waals surface area contributed by atoms with Gasteiger partial charge in [0.15, 0.2) is 11.4 Å². The van der Waals surface area contributed by atoms with Crippen LogP contribution >= 0.6 is 0 Å². The number of pyridine rings is 1. The normalized spacial score (nSPS) is 14.7. The number of nitrogen functional groups attached to an aromatic ring is 1. The monoisotopic (exact) mass is 444 g/mol. The van der Waals surface area contributed by atoms with Gasteiger partial charge in [-0.05, 0) is 42.6 Å². The van der Waals surface area contributed by atoms with Gasteiger partial charge in [0.05, 0.1) is 12.2 Å². The number of carbonyl (C=O) groups excluding carboxylic acids is 1. The third-order valence-electron chi connectivity index (χ3n) is 6.45. The van der Waals surface area contributed by atoms with E-state index in [1.54, 1.807) is 25.3 Å². The fourth-order valence-corrected chi connectivity index (χ4v) is 4.52. The molecule has 1 aromatic carbocycles. The highest BCUT2D eigenvalue weighted by Gasteiger charge is 2.23. The Kier molecular flexibility index (Phi) is 5.16. The first-order chi connectivity index (χ1) is 16.0. The quantitative estimate of drug-likeness (QED) is 0.450. The summed E-state index contributed by atoms with van der Waals surface area (Å²) in [5, 5.41) is 8.51. The fourth-order valence-electron chi connectivity index (χ4n) is 4.52. The predicted octanol–water partition coefficient (Wildman–Crippen LogP) is 4.83. The average Bonchev–Trinajstić information content (AvgIpc) is 3.48. The number of benzene rings is 1. The van der Waals surface area contributed by atoms with Crippen molar-refractivity contribution in [1.82, 2.24) is 19.7 Å². The smallest absolute Gasteiger partial charge is 0.219 e. The number of furan rings is 1. The molecule has 4 heterocycles. The SMILES string of the molecule is CC(=O)N1CCC(n2cc(-c3cnc(N)c4oc(-c5cccc(N=O)c5C)cc34)cn2)CC1. The summed E-state index contributed by atoms with van der Waals surface area (Å²) in [5.41, 5.74) is 10.3. The third-order valence-corrected chi connectivity index (χ3v) is 6.45. The number of anilines is 1. The van der Waals surface area contributed by atoms with E-state index in [1.807, 2.05) is 41.0 Å². The van der Waals surface area contributed by atoms with Crippen LogP contribution in [0.15, 0.2) is 52.5 Å². The summed E-state index contributed by atoms with van der Waals surface area (Å²) in [6.07, 6.45) is 7.29. The van der Waals surface area contributed by atoms with Crippen LogP contribution in [-0.2, 0) is 4.79 Å². The molecule has 9 heteroatoms. The Bertz CT molecular complexity index is 1360. The Balaban J connectivity index is 1.51. The van der Waals surface area contributed by atoms with Crippen LogP contribution in [0.1, 0.15) is 31.4 Å². The van der Waals surface area contributed by atoms with Crippen molar-refractivity contribution < 1.29 is 9.21 Å². The van der Waals surface area contributed by atoms with Crippen molar-refractivity contribution in [2.45, 2.75) is 32.7 Å². The van der Waals surface area contributed by atoms with E-state index in [4.69, 9.17) is 10.2 Å². The first-order valence-corrected chi connectivity index (χ1v) is 10.9. The van der Waals surface area contributed by atoms with E-state index in [-0.39, 0.29) is 11.9 Å². The second-order valence-corrected chi connectivity index (χ2v) is 8.40. The maximum atomic E-state index is 11.6. The van der Waals surface area contributed by atoms with Crippen LogP contribution < -0.4 is 5.73 Å². The molecule has 0 saturated carbocycles. The molecule has 9 nitrogen and oxygen atoms in total. The number of nitroso groups, excluding NO2 is 1. The number of carbonyl (C=O) groups is 1. The van der Waals surface area contributed by atoms with Crippen LogP contribution in [0.25, 0.3) is 33.4 Å². The van der Waals surface area contributed by atoms with Gasteiger partial charge in [-0.3, -0.25) is 9.48 Å². The molecule has 1 fully saturated rings. The number of hydrogen-bond donors (Lipinski definition) is 1. The standard InChI is InChI=1S/C24H24N6O3/c1-14-18(4-3-5-21(14)28-32)22-10-19-20(12-26-24(25)23(19)33-22)16-11-27-30(13-16)17-6-8-29(9-7-17)15(2)31/h3-5,10-13,17H,6-9H2,1-2H3,(H2,25,26). The minimum atomic E-state index is 0.116. The molecule has 1 aliphatic rings. The lowest BCUT2D eigenvalue weighted by atomic mass is 10.0. The van der Waals surface area contributed by atoms with Gasteiger partial charge >= 0.3 is 0 Å². The zero-order valence-corrected chi connectivity index (χ0v) is 18.5. The summed E-state index contributed by atoms with van der Waals surface area (Å²) < 4.78 is 8.06. The minimum Gasteiger partial charge on any atom is -0.452 e. The number of fused-ring (bicyclic) bond motifs is 1. The highest BCUT2D eigenvalue weighted by molar-refractivity contribution is 6.00. The molecule has 4 aromatic rings. The van der Waals surface area contributed by atoms with Gasteiger partial charge < -0.3 is 15.1 Å². The molecular weight excluding hydrogens is 420 g/mol. The molecule has 1 saturated heterocycles. The molecule has 33 heavy (non-hydrogen) atoms. The Morgan fingerprint density at radius 1 is 1.21 bits per heavy atom. The van der Waals surface area contributed by atoms with Crippen LogP contribution in [0.5, 0.6) is 0 Å². The lowest BCUT2D eigenvalue weighted by Crippen LogP contribution is -2.37. The van der Waals surface area contributed by atoms with Crippen molar-refractivity contribution in [2.75, 3.05) is 18.8 Å². The molecule has 5 rings (SSSR count). The van der Waals surface area contributed by atoms with Crippen LogP contribution in [0.2, 0.25) is 0 Å². The zero-order valence-electron chi connectivity index (χ0n) is 18.5. The van der Waals surface area contributed by atoms with E-state index < -0.39 is 0 Å².